The lowest BCUT2D eigenvalue weighted by atomic mass is 10.0. The third-order valence-corrected chi connectivity index (χ3v) is 4.73. The minimum Gasteiger partial charge on any atom is -0.491 e. The predicted molar refractivity (Wildman–Crippen MR) is 107 cm³/mol. The van der Waals surface area contributed by atoms with E-state index in [0.29, 0.717) is 17.4 Å². The quantitative estimate of drug-likeness (QED) is 0.813. The summed E-state index contributed by atoms with van der Waals surface area (Å²) in [6.07, 6.45) is 3.88. The van der Waals surface area contributed by atoms with Crippen LogP contribution in [0.5, 0.6) is 5.75 Å². The Bertz CT molecular complexity index is 740. The fourth-order valence-electron chi connectivity index (χ4n) is 3.40. The van der Waals surface area contributed by atoms with E-state index in [1.165, 1.54) is 24.9 Å². The van der Waals surface area contributed by atoms with Crippen LogP contribution in [0.25, 0.3) is 0 Å². The van der Waals surface area contributed by atoms with Crippen molar-refractivity contribution in [2.45, 2.75) is 52.2 Å². The van der Waals surface area contributed by atoms with Crippen molar-refractivity contribution in [2.75, 3.05) is 16.8 Å². The molecule has 1 aliphatic rings. The zero-order valence-corrected chi connectivity index (χ0v) is 15.9. The first-order valence-corrected chi connectivity index (χ1v) is 9.48. The number of anilines is 2. The number of carbonyl (C=O) groups is 1. The molecule has 2 aromatic carbocycles. The summed E-state index contributed by atoms with van der Waals surface area (Å²) in [4.78, 5) is 15.0. The maximum Gasteiger partial charge on any atom is 0.255 e. The molecule has 3 rings (SSSR count). The van der Waals surface area contributed by atoms with Gasteiger partial charge < -0.3 is 15.0 Å². The van der Waals surface area contributed by atoms with Crippen LogP contribution in [-0.2, 0) is 0 Å². The average molecular weight is 352 g/mol. The summed E-state index contributed by atoms with van der Waals surface area (Å²) < 4.78 is 5.66. The molecular weight excluding hydrogens is 324 g/mol. The molecule has 0 unspecified atom stereocenters. The Hall–Kier alpha value is -2.49. The Labute approximate surface area is 156 Å². The maximum absolute atomic E-state index is 12.5. The van der Waals surface area contributed by atoms with Crippen LogP contribution in [0.3, 0.4) is 0 Å². The van der Waals surface area contributed by atoms with Gasteiger partial charge in [-0.3, -0.25) is 4.79 Å². The van der Waals surface area contributed by atoms with Crippen molar-refractivity contribution < 1.29 is 9.53 Å². The molecule has 0 saturated carbocycles. The third-order valence-electron chi connectivity index (χ3n) is 4.73. The Kier molecular flexibility index (Phi) is 5.82. The number of hydrogen-bond donors (Lipinski definition) is 1. The number of nitrogens with one attached hydrogen (secondary N) is 1. The molecule has 0 spiro atoms. The topological polar surface area (TPSA) is 41.6 Å². The summed E-state index contributed by atoms with van der Waals surface area (Å²) in [5.41, 5.74) is 2.62. The normalized spacial score (nSPS) is 17.2. The van der Waals surface area contributed by atoms with E-state index in [4.69, 9.17) is 4.74 Å². The lowest BCUT2D eigenvalue weighted by Crippen LogP contribution is -2.37. The molecule has 1 aliphatic heterocycles. The zero-order chi connectivity index (χ0) is 18.5. The van der Waals surface area contributed by atoms with Crippen LogP contribution in [0.2, 0.25) is 0 Å². The van der Waals surface area contributed by atoms with Crippen molar-refractivity contribution in [3.8, 4) is 5.75 Å². The average Bonchev–Trinajstić information content (AvgIpc) is 2.62. The zero-order valence-electron chi connectivity index (χ0n) is 15.9. The van der Waals surface area contributed by atoms with Crippen molar-refractivity contribution in [1.29, 1.82) is 0 Å². The summed E-state index contributed by atoms with van der Waals surface area (Å²) in [5.74, 6) is 0.584. The van der Waals surface area contributed by atoms with E-state index in [2.05, 4.69) is 29.3 Å². The largest absolute Gasteiger partial charge is 0.491 e. The van der Waals surface area contributed by atoms with E-state index < -0.39 is 0 Å². The molecule has 4 heteroatoms. The summed E-state index contributed by atoms with van der Waals surface area (Å²) in [6, 6.07) is 16.0. The van der Waals surface area contributed by atoms with Gasteiger partial charge in [0.05, 0.1) is 6.10 Å². The molecular formula is C22H28N2O2. The number of rotatable bonds is 5. The number of piperidine rings is 1. The first-order chi connectivity index (χ1) is 12.5. The van der Waals surface area contributed by atoms with Crippen LogP contribution in [0, 0.1) is 0 Å². The highest BCUT2D eigenvalue weighted by Crippen LogP contribution is 2.26. The Morgan fingerprint density at radius 1 is 1.15 bits per heavy atom. The fraction of sp³-hybridized carbons (Fsp3) is 0.409. The first-order valence-electron chi connectivity index (χ1n) is 9.48. The SMILES string of the molecule is CC(C)Oc1cccc(C(=O)Nc2ccc(N3CCCC[C@@H]3C)cc2)c1. The molecule has 138 valence electrons. The summed E-state index contributed by atoms with van der Waals surface area (Å²) in [6.45, 7) is 7.32. The van der Waals surface area contributed by atoms with E-state index in [1.54, 1.807) is 12.1 Å². The van der Waals surface area contributed by atoms with E-state index in [-0.39, 0.29) is 12.0 Å². The summed E-state index contributed by atoms with van der Waals surface area (Å²) in [7, 11) is 0. The lowest BCUT2D eigenvalue weighted by Gasteiger charge is -2.35. The number of amides is 1. The van der Waals surface area contributed by atoms with Crippen LogP contribution in [-0.4, -0.2) is 24.6 Å². The van der Waals surface area contributed by atoms with Crippen molar-refractivity contribution in [1.82, 2.24) is 0 Å². The molecule has 1 fully saturated rings. The van der Waals surface area contributed by atoms with Crippen molar-refractivity contribution in [3.63, 3.8) is 0 Å². The Morgan fingerprint density at radius 3 is 2.62 bits per heavy atom. The van der Waals surface area contributed by atoms with Gasteiger partial charge in [0.1, 0.15) is 5.75 Å². The van der Waals surface area contributed by atoms with Crippen molar-refractivity contribution in [2.24, 2.45) is 0 Å². The third kappa shape index (κ3) is 4.57. The predicted octanol–water partition coefficient (Wildman–Crippen LogP) is 5.10. The molecule has 0 radical (unpaired) electrons. The van der Waals surface area contributed by atoms with Gasteiger partial charge in [-0.25, -0.2) is 0 Å². The van der Waals surface area contributed by atoms with Crippen LogP contribution in [0.15, 0.2) is 48.5 Å². The summed E-state index contributed by atoms with van der Waals surface area (Å²) >= 11 is 0. The number of carbonyl (C=O) groups excluding carboxylic acids is 1. The molecule has 0 aliphatic carbocycles. The van der Waals surface area contributed by atoms with Gasteiger partial charge in [-0.2, -0.15) is 0 Å². The Morgan fingerprint density at radius 2 is 1.92 bits per heavy atom. The number of ether oxygens (including phenoxy) is 1. The molecule has 2 aromatic rings. The van der Waals surface area contributed by atoms with E-state index in [9.17, 15) is 4.79 Å². The van der Waals surface area contributed by atoms with Gasteiger partial charge in [0.2, 0.25) is 0 Å². The van der Waals surface area contributed by atoms with Gasteiger partial charge in [-0.1, -0.05) is 6.07 Å². The van der Waals surface area contributed by atoms with E-state index >= 15 is 0 Å². The summed E-state index contributed by atoms with van der Waals surface area (Å²) in [5, 5.41) is 2.97. The van der Waals surface area contributed by atoms with Gasteiger partial charge in [0.25, 0.3) is 5.91 Å². The van der Waals surface area contributed by atoms with Crippen LogP contribution >= 0.6 is 0 Å². The highest BCUT2D eigenvalue weighted by Gasteiger charge is 2.18. The van der Waals surface area contributed by atoms with Gasteiger partial charge in [0.15, 0.2) is 0 Å². The van der Waals surface area contributed by atoms with Gasteiger partial charge >= 0.3 is 0 Å². The molecule has 0 bridgehead atoms. The van der Waals surface area contributed by atoms with E-state index in [1.807, 2.05) is 38.1 Å². The van der Waals surface area contributed by atoms with Crippen molar-refractivity contribution >= 4 is 17.3 Å². The second kappa shape index (κ2) is 8.26. The molecule has 26 heavy (non-hydrogen) atoms. The number of nitrogens with zero attached hydrogens (tertiary/aromatic N) is 1. The molecule has 1 saturated heterocycles. The van der Waals surface area contributed by atoms with Crippen LogP contribution < -0.4 is 15.0 Å². The highest BCUT2D eigenvalue weighted by atomic mass is 16.5. The first kappa shape index (κ1) is 18.3. The molecule has 0 aromatic heterocycles. The number of hydrogen-bond acceptors (Lipinski definition) is 3. The van der Waals surface area contributed by atoms with Crippen LogP contribution in [0.1, 0.15) is 50.4 Å². The minimum absolute atomic E-state index is 0.0815. The molecule has 1 amide bonds. The monoisotopic (exact) mass is 352 g/mol. The standard InChI is InChI=1S/C22H28N2O2/c1-16(2)26-21-9-6-8-18(15-21)22(25)23-19-10-12-20(13-11-19)24-14-5-4-7-17(24)3/h6,8-13,15-17H,4-5,7,14H2,1-3H3,(H,23,25)/t17-/m0/s1. The van der Waals surface area contributed by atoms with E-state index in [0.717, 1.165) is 12.2 Å². The second-order valence-electron chi connectivity index (χ2n) is 7.23. The molecule has 4 nitrogen and oxygen atoms in total. The molecule has 1 heterocycles. The lowest BCUT2D eigenvalue weighted by molar-refractivity contribution is 0.102. The van der Waals surface area contributed by atoms with Gasteiger partial charge in [-0.15, -0.1) is 0 Å². The number of benzene rings is 2. The van der Waals surface area contributed by atoms with Gasteiger partial charge in [0, 0.05) is 29.5 Å². The molecule has 1 N–H and O–H groups in total. The van der Waals surface area contributed by atoms with Crippen LogP contribution in [0.4, 0.5) is 11.4 Å². The minimum atomic E-state index is -0.127. The maximum atomic E-state index is 12.5. The fourth-order valence-corrected chi connectivity index (χ4v) is 3.40. The smallest absolute Gasteiger partial charge is 0.255 e. The van der Waals surface area contributed by atoms with Crippen molar-refractivity contribution in [3.05, 3.63) is 54.1 Å². The second-order valence-corrected chi connectivity index (χ2v) is 7.23. The Balaban J connectivity index is 1.66. The van der Waals surface area contributed by atoms with Gasteiger partial charge in [-0.05, 0) is 82.5 Å². The highest BCUT2D eigenvalue weighted by molar-refractivity contribution is 6.04. The molecule has 1 atom stereocenters.